The molecule has 1 atom stereocenters. The van der Waals surface area contributed by atoms with Crippen LogP contribution < -0.4 is 0 Å². The number of phenolic OH excluding ortho intramolecular Hbond substituents is 1. The van der Waals surface area contributed by atoms with Gasteiger partial charge in [-0.1, -0.05) is 35.0 Å². The SMILES string of the molecule is CC(Br)Cc1ccc(O)c(CN(C)C)c1. The van der Waals surface area contributed by atoms with Crippen LogP contribution in [0.15, 0.2) is 18.2 Å². The van der Waals surface area contributed by atoms with Gasteiger partial charge in [0.2, 0.25) is 0 Å². The van der Waals surface area contributed by atoms with Crippen LogP contribution in [0.3, 0.4) is 0 Å². The van der Waals surface area contributed by atoms with Crippen molar-refractivity contribution in [2.75, 3.05) is 14.1 Å². The standard InChI is InChI=1S/C12H18BrNO/c1-9(13)6-10-4-5-12(15)11(7-10)8-14(2)3/h4-5,7,9,15H,6,8H2,1-3H3. The van der Waals surface area contributed by atoms with Gasteiger partial charge in [-0.15, -0.1) is 0 Å². The van der Waals surface area contributed by atoms with Gasteiger partial charge in [0, 0.05) is 16.9 Å². The first-order valence-corrected chi connectivity index (χ1v) is 6.00. The third-order valence-electron chi connectivity index (χ3n) is 2.15. The Labute approximate surface area is 100 Å². The molecule has 0 aromatic heterocycles. The van der Waals surface area contributed by atoms with Crippen molar-refractivity contribution in [2.45, 2.75) is 24.7 Å². The fourth-order valence-corrected chi connectivity index (χ4v) is 1.93. The molecule has 0 aliphatic heterocycles. The zero-order chi connectivity index (χ0) is 11.4. The van der Waals surface area contributed by atoms with Crippen molar-refractivity contribution >= 4 is 15.9 Å². The lowest BCUT2D eigenvalue weighted by molar-refractivity contribution is 0.385. The summed E-state index contributed by atoms with van der Waals surface area (Å²) in [6, 6.07) is 5.84. The molecule has 0 saturated heterocycles. The van der Waals surface area contributed by atoms with Gasteiger partial charge in [-0.25, -0.2) is 0 Å². The molecule has 0 heterocycles. The van der Waals surface area contributed by atoms with Crippen molar-refractivity contribution in [3.8, 4) is 5.75 Å². The van der Waals surface area contributed by atoms with Crippen molar-refractivity contribution in [3.63, 3.8) is 0 Å². The average molecular weight is 272 g/mol. The highest BCUT2D eigenvalue weighted by molar-refractivity contribution is 9.09. The van der Waals surface area contributed by atoms with Gasteiger partial charge in [0.25, 0.3) is 0 Å². The van der Waals surface area contributed by atoms with Crippen molar-refractivity contribution in [1.29, 1.82) is 0 Å². The number of hydrogen-bond donors (Lipinski definition) is 1. The van der Waals surface area contributed by atoms with Gasteiger partial charge in [-0.3, -0.25) is 0 Å². The molecule has 0 aliphatic carbocycles. The minimum Gasteiger partial charge on any atom is -0.508 e. The van der Waals surface area contributed by atoms with E-state index in [1.807, 2.05) is 20.2 Å². The predicted octanol–water partition coefficient (Wildman–Crippen LogP) is 2.78. The Balaban J connectivity index is 2.85. The van der Waals surface area contributed by atoms with Crippen molar-refractivity contribution in [1.82, 2.24) is 4.90 Å². The summed E-state index contributed by atoms with van der Waals surface area (Å²) in [6.45, 7) is 2.90. The highest BCUT2D eigenvalue weighted by atomic mass is 79.9. The second kappa shape index (κ2) is 5.52. The first-order chi connectivity index (χ1) is 6.99. The van der Waals surface area contributed by atoms with E-state index in [1.165, 1.54) is 5.56 Å². The van der Waals surface area contributed by atoms with Crippen molar-refractivity contribution < 1.29 is 5.11 Å². The number of rotatable bonds is 4. The maximum absolute atomic E-state index is 9.68. The number of aromatic hydroxyl groups is 1. The summed E-state index contributed by atoms with van der Waals surface area (Å²) >= 11 is 3.53. The Morgan fingerprint density at radius 3 is 2.60 bits per heavy atom. The van der Waals surface area contributed by atoms with Crippen LogP contribution in [-0.2, 0) is 13.0 Å². The van der Waals surface area contributed by atoms with Gasteiger partial charge in [-0.05, 0) is 32.1 Å². The van der Waals surface area contributed by atoms with Gasteiger partial charge < -0.3 is 10.0 Å². The Morgan fingerprint density at radius 1 is 1.40 bits per heavy atom. The molecule has 84 valence electrons. The predicted molar refractivity (Wildman–Crippen MR) is 67.6 cm³/mol. The molecule has 1 aromatic rings. The Hall–Kier alpha value is -0.540. The first-order valence-electron chi connectivity index (χ1n) is 5.08. The maximum Gasteiger partial charge on any atom is 0.120 e. The zero-order valence-corrected chi connectivity index (χ0v) is 11.1. The molecule has 1 unspecified atom stereocenters. The summed E-state index contributed by atoms with van der Waals surface area (Å²) in [5, 5.41) is 9.68. The molecule has 0 radical (unpaired) electrons. The second-order valence-electron chi connectivity index (χ2n) is 4.19. The third kappa shape index (κ3) is 4.22. The highest BCUT2D eigenvalue weighted by Crippen LogP contribution is 2.21. The summed E-state index contributed by atoms with van der Waals surface area (Å²) in [7, 11) is 4.00. The molecule has 0 aliphatic rings. The fourth-order valence-electron chi connectivity index (χ4n) is 1.56. The van der Waals surface area contributed by atoms with E-state index in [0.29, 0.717) is 10.6 Å². The molecule has 0 amide bonds. The normalized spacial score (nSPS) is 13.1. The number of alkyl halides is 1. The van der Waals surface area contributed by atoms with E-state index >= 15 is 0 Å². The summed E-state index contributed by atoms with van der Waals surface area (Å²) in [5.41, 5.74) is 2.25. The molecule has 0 spiro atoms. The summed E-state index contributed by atoms with van der Waals surface area (Å²) in [6.07, 6.45) is 0.987. The van der Waals surface area contributed by atoms with E-state index in [2.05, 4.69) is 33.8 Å². The lowest BCUT2D eigenvalue weighted by Crippen LogP contribution is -2.11. The second-order valence-corrected chi connectivity index (χ2v) is 5.75. The number of halogens is 1. The van der Waals surface area contributed by atoms with Crippen LogP contribution in [0.2, 0.25) is 0 Å². The number of benzene rings is 1. The average Bonchev–Trinajstić information content (AvgIpc) is 2.09. The monoisotopic (exact) mass is 271 g/mol. The minimum atomic E-state index is 0.384. The summed E-state index contributed by atoms with van der Waals surface area (Å²) < 4.78 is 0. The molecule has 1 N–H and O–H groups in total. The lowest BCUT2D eigenvalue weighted by Gasteiger charge is -2.13. The van der Waals surface area contributed by atoms with Crippen LogP contribution in [0.4, 0.5) is 0 Å². The first kappa shape index (κ1) is 12.5. The van der Waals surface area contributed by atoms with Crippen molar-refractivity contribution in [2.24, 2.45) is 0 Å². The van der Waals surface area contributed by atoms with E-state index in [-0.39, 0.29) is 0 Å². The highest BCUT2D eigenvalue weighted by Gasteiger charge is 2.05. The van der Waals surface area contributed by atoms with Gasteiger partial charge in [0.05, 0.1) is 0 Å². The van der Waals surface area contributed by atoms with Crippen molar-refractivity contribution in [3.05, 3.63) is 29.3 Å². The largest absolute Gasteiger partial charge is 0.508 e. The quantitative estimate of drug-likeness (QED) is 0.852. The molecular weight excluding hydrogens is 254 g/mol. The van der Waals surface area contributed by atoms with E-state index in [0.717, 1.165) is 18.5 Å². The van der Waals surface area contributed by atoms with E-state index in [4.69, 9.17) is 0 Å². The fraction of sp³-hybridized carbons (Fsp3) is 0.500. The number of hydrogen-bond acceptors (Lipinski definition) is 2. The molecule has 1 rings (SSSR count). The van der Waals surface area contributed by atoms with Gasteiger partial charge >= 0.3 is 0 Å². The number of phenols is 1. The van der Waals surface area contributed by atoms with Crippen LogP contribution in [0, 0.1) is 0 Å². The lowest BCUT2D eigenvalue weighted by atomic mass is 10.1. The smallest absolute Gasteiger partial charge is 0.120 e. The molecule has 1 aromatic carbocycles. The molecule has 0 saturated carbocycles. The molecular formula is C12H18BrNO. The third-order valence-corrected chi connectivity index (χ3v) is 2.47. The Bertz CT molecular complexity index is 323. The topological polar surface area (TPSA) is 23.5 Å². The van der Waals surface area contributed by atoms with Gasteiger partial charge in [0.1, 0.15) is 5.75 Å². The van der Waals surface area contributed by atoms with Crippen LogP contribution in [0.25, 0.3) is 0 Å². The molecule has 15 heavy (non-hydrogen) atoms. The molecule has 0 bridgehead atoms. The Kier molecular flexibility index (Phi) is 4.61. The van der Waals surface area contributed by atoms with Crippen LogP contribution >= 0.6 is 15.9 Å². The zero-order valence-electron chi connectivity index (χ0n) is 9.50. The molecule has 2 nitrogen and oxygen atoms in total. The maximum atomic E-state index is 9.68. The summed E-state index contributed by atoms with van der Waals surface area (Å²) in [4.78, 5) is 2.52. The minimum absolute atomic E-state index is 0.384. The molecule has 0 fully saturated rings. The summed E-state index contributed by atoms with van der Waals surface area (Å²) in [5.74, 6) is 0.384. The van der Waals surface area contributed by atoms with E-state index in [9.17, 15) is 5.11 Å². The van der Waals surface area contributed by atoms with Crippen LogP contribution in [-0.4, -0.2) is 28.9 Å². The van der Waals surface area contributed by atoms with Gasteiger partial charge in [0.15, 0.2) is 0 Å². The van der Waals surface area contributed by atoms with E-state index in [1.54, 1.807) is 6.07 Å². The van der Waals surface area contributed by atoms with Crippen LogP contribution in [0.1, 0.15) is 18.1 Å². The van der Waals surface area contributed by atoms with E-state index < -0.39 is 0 Å². The molecule has 3 heteroatoms. The van der Waals surface area contributed by atoms with Gasteiger partial charge in [-0.2, -0.15) is 0 Å². The Morgan fingerprint density at radius 2 is 2.07 bits per heavy atom. The van der Waals surface area contributed by atoms with Crippen LogP contribution in [0.5, 0.6) is 5.75 Å². The number of nitrogens with zero attached hydrogens (tertiary/aromatic N) is 1.